The normalized spacial score (nSPS) is 10.2. The molecule has 0 unspecified atom stereocenters. The Hall–Kier alpha value is -2.64. The van der Waals surface area contributed by atoms with Gasteiger partial charge in [-0.05, 0) is 41.8 Å². The Kier molecular flexibility index (Phi) is 3.20. The molecule has 0 saturated heterocycles. The van der Waals surface area contributed by atoms with Gasteiger partial charge >= 0.3 is 0 Å². The lowest BCUT2D eigenvalue weighted by Gasteiger charge is -2.02. The fourth-order valence-electron chi connectivity index (χ4n) is 1.91. The van der Waals surface area contributed by atoms with Gasteiger partial charge < -0.3 is 5.32 Å². The fourth-order valence-corrected chi connectivity index (χ4v) is 2.87. The summed E-state index contributed by atoms with van der Waals surface area (Å²) in [7, 11) is 0. The fraction of sp³-hybridized carbons (Fsp3) is 0. The van der Waals surface area contributed by atoms with Crippen molar-refractivity contribution in [3.63, 3.8) is 0 Å². The predicted octanol–water partition coefficient (Wildman–Crippen LogP) is 4.03. The Morgan fingerprint density at radius 1 is 1.10 bits per heavy atom. The molecule has 4 heteroatoms. The molecule has 1 amide bonds. The minimum absolute atomic E-state index is 0.129. The van der Waals surface area contributed by atoms with Crippen LogP contribution in [-0.4, -0.2) is 5.91 Å². The molecule has 0 bridgehead atoms. The minimum Gasteiger partial charge on any atom is -0.321 e. The first kappa shape index (κ1) is 12.4. The summed E-state index contributed by atoms with van der Waals surface area (Å²) in [6.45, 7) is 0. The van der Waals surface area contributed by atoms with E-state index >= 15 is 0 Å². The van der Waals surface area contributed by atoms with Crippen LogP contribution in [0.15, 0.2) is 54.6 Å². The Bertz CT molecular complexity index is 779. The first-order chi connectivity index (χ1) is 9.76. The molecule has 0 saturated carbocycles. The molecular formula is C16H10N2OS. The van der Waals surface area contributed by atoms with Gasteiger partial charge in [0.25, 0.3) is 5.91 Å². The van der Waals surface area contributed by atoms with Crippen LogP contribution in [0.2, 0.25) is 0 Å². The number of nitrogens with one attached hydrogen (secondary N) is 1. The van der Waals surface area contributed by atoms with Crippen molar-refractivity contribution < 1.29 is 4.79 Å². The quantitative estimate of drug-likeness (QED) is 0.769. The van der Waals surface area contributed by atoms with Crippen molar-refractivity contribution in [3.8, 4) is 6.07 Å². The summed E-state index contributed by atoms with van der Waals surface area (Å²) in [6, 6.07) is 18.7. The number of hydrogen-bond donors (Lipinski definition) is 1. The third-order valence-electron chi connectivity index (χ3n) is 2.92. The van der Waals surface area contributed by atoms with Crippen molar-refractivity contribution in [2.45, 2.75) is 0 Å². The van der Waals surface area contributed by atoms with E-state index in [1.165, 1.54) is 11.3 Å². The topological polar surface area (TPSA) is 52.9 Å². The number of benzene rings is 2. The second kappa shape index (κ2) is 5.16. The largest absolute Gasteiger partial charge is 0.321 e. The number of carbonyl (C=O) groups excluding carboxylic acids is 1. The third-order valence-corrected chi connectivity index (χ3v) is 4.04. The summed E-state index contributed by atoms with van der Waals surface area (Å²) in [6.07, 6.45) is 0. The zero-order chi connectivity index (χ0) is 13.9. The highest BCUT2D eigenvalue weighted by Crippen LogP contribution is 2.25. The Morgan fingerprint density at radius 3 is 2.55 bits per heavy atom. The number of nitriles is 1. The van der Waals surface area contributed by atoms with Crippen LogP contribution >= 0.6 is 11.3 Å². The van der Waals surface area contributed by atoms with Gasteiger partial charge in [0.15, 0.2) is 0 Å². The summed E-state index contributed by atoms with van der Waals surface area (Å²) in [5.74, 6) is -0.129. The van der Waals surface area contributed by atoms with Crippen LogP contribution in [0.1, 0.15) is 15.2 Å². The molecule has 0 radical (unpaired) electrons. The zero-order valence-corrected chi connectivity index (χ0v) is 11.3. The molecule has 0 aliphatic carbocycles. The predicted molar refractivity (Wildman–Crippen MR) is 80.9 cm³/mol. The number of rotatable bonds is 2. The van der Waals surface area contributed by atoms with E-state index in [-0.39, 0.29) is 5.91 Å². The van der Waals surface area contributed by atoms with Crippen molar-refractivity contribution in [2.24, 2.45) is 0 Å². The molecule has 0 spiro atoms. The highest BCUT2D eigenvalue weighted by Gasteiger charge is 2.10. The molecule has 20 heavy (non-hydrogen) atoms. The van der Waals surface area contributed by atoms with Crippen LogP contribution in [0, 0.1) is 11.3 Å². The summed E-state index contributed by atoms with van der Waals surface area (Å²) in [5.41, 5.74) is 1.26. The molecule has 0 fully saturated rings. The smallest absolute Gasteiger partial charge is 0.265 e. The Morgan fingerprint density at radius 2 is 1.85 bits per heavy atom. The summed E-state index contributed by atoms with van der Waals surface area (Å²) >= 11 is 1.47. The van der Waals surface area contributed by atoms with E-state index in [1.54, 1.807) is 24.3 Å². The summed E-state index contributed by atoms with van der Waals surface area (Å²) in [5, 5.41) is 12.6. The molecule has 0 atom stereocenters. The number of nitrogens with zero attached hydrogens (tertiary/aromatic N) is 1. The van der Waals surface area contributed by atoms with E-state index in [1.807, 2.05) is 36.4 Å². The molecule has 1 heterocycles. The first-order valence-corrected chi connectivity index (χ1v) is 6.88. The van der Waals surface area contributed by atoms with Crippen LogP contribution in [0.25, 0.3) is 10.1 Å². The molecule has 0 aliphatic rings. The molecule has 3 rings (SSSR count). The second-order valence-corrected chi connectivity index (χ2v) is 5.38. The van der Waals surface area contributed by atoms with Crippen molar-refractivity contribution in [3.05, 3.63) is 65.0 Å². The number of anilines is 1. The monoisotopic (exact) mass is 278 g/mol. The van der Waals surface area contributed by atoms with Crippen LogP contribution < -0.4 is 5.32 Å². The molecular weight excluding hydrogens is 268 g/mol. The molecule has 0 aliphatic heterocycles. The first-order valence-electron chi connectivity index (χ1n) is 6.06. The number of hydrogen-bond acceptors (Lipinski definition) is 3. The molecule has 1 aromatic heterocycles. The van der Waals surface area contributed by atoms with E-state index in [2.05, 4.69) is 5.32 Å². The molecule has 3 aromatic rings. The summed E-state index contributed by atoms with van der Waals surface area (Å²) < 4.78 is 1.09. The lowest BCUT2D eigenvalue weighted by molar-refractivity contribution is 0.103. The lowest BCUT2D eigenvalue weighted by atomic mass is 10.2. The van der Waals surface area contributed by atoms with E-state index < -0.39 is 0 Å². The van der Waals surface area contributed by atoms with Gasteiger partial charge in [0.1, 0.15) is 0 Å². The molecule has 96 valence electrons. The number of amides is 1. The maximum absolute atomic E-state index is 12.2. The molecule has 2 aromatic carbocycles. The SMILES string of the molecule is N#Cc1ccc(NC(=O)c2cc3ccccc3s2)cc1. The summed E-state index contributed by atoms with van der Waals surface area (Å²) in [4.78, 5) is 12.8. The van der Waals surface area contributed by atoms with Gasteiger partial charge in [-0.1, -0.05) is 18.2 Å². The van der Waals surface area contributed by atoms with Gasteiger partial charge in [0.05, 0.1) is 16.5 Å². The highest BCUT2D eigenvalue weighted by atomic mass is 32.1. The van der Waals surface area contributed by atoms with Gasteiger partial charge in [0, 0.05) is 10.4 Å². The van der Waals surface area contributed by atoms with Gasteiger partial charge in [0.2, 0.25) is 0 Å². The number of thiophene rings is 1. The van der Waals surface area contributed by atoms with Crippen LogP contribution in [0.3, 0.4) is 0 Å². The second-order valence-electron chi connectivity index (χ2n) is 4.29. The zero-order valence-electron chi connectivity index (χ0n) is 10.5. The van der Waals surface area contributed by atoms with Crippen LogP contribution in [0.4, 0.5) is 5.69 Å². The van der Waals surface area contributed by atoms with Crippen molar-refractivity contribution in [1.29, 1.82) is 5.26 Å². The van der Waals surface area contributed by atoms with Crippen LogP contribution in [0.5, 0.6) is 0 Å². The third kappa shape index (κ3) is 2.40. The van der Waals surface area contributed by atoms with E-state index in [4.69, 9.17) is 5.26 Å². The van der Waals surface area contributed by atoms with Crippen LogP contribution in [-0.2, 0) is 0 Å². The number of fused-ring (bicyclic) bond motifs is 1. The molecule has 3 nitrogen and oxygen atoms in total. The van der Waals surface area contributed by atoms with E-state index in [0.717, 1.165) is 10.1 Å². The van der Waals surface area contributed by atoms with Gasteiger partial charge in [-0.2, -0.15) is 5.26 Å². The maximum atomic E-state index is 12.2. The lowest BCUT2D eigenvalue weighted by Crippen LogP contribution is -2.09. The average molecular weight is 278 g/mol. The Balaban J connectivity index is 1.83. The van der Waals surface area contributed by atoms with Gasteiger partial charge in [-0.3, -0.25) is 4.79 Å². The molecule has 1 N–H and O–H groups in total. The van der Waals surface area contributed by atoms with E-state index in [9.17, 15) is 4.79 Å². The van der Waals surface area contributed by atoms with Crippen molar-refractivity contribution in [1.82, 2.24) is 0 Å². The highest BCUT2D eigenvalue weighted by molar-refractivity contribution is 7.20. The van der Waals surface area contributed by atoms with Crippen molar-refractivity contribution in [2.75, 3.05) is 5.32 Å². The minimum atomic E-state index is -0.129. The Labute approximate surface area is 120 Å². The maximum Gasteiger partial charge on any atom is 0.265 e. The van der Waals surface area contributed by atoms with E-state index in [0.29, 0.717) is 16.1 Å². The average Bonchev–Trinajstić information content (AvgIpc) is 2.92. The van der Waals surface area contributed by atoms with Crippen molar-refractivity contribution >= 4 is 33.0 Å². The number of carbonyl (C=O) groups is 1. The van der Waals surface area contributed by atoms with Gasteiger partial charge in [-0.15, -0.1) is 11.3 Å². The van der Waals surface area contributed by atoms with Gasteiger partial charge in [-0.25, -0.2) is 0 Å². The standard InChI is InChI=1S/C16H10N2OS/c17-10-11-5-7-13(8-6-11)18-16(19)15-9-12-3-1-2-4-14(12)20-15/h1-9H,(H,18,19).